The molecule has 0 saturated heterocycles. The fourth-order valence-corrected chi connectivity index (χ4v) is 1.73. The Hall–Kier alpha value is -2.67. The van der Waals surface area contributed by atoms with Crippen molar-refractivity contribution in [3.8, 4) is 11.8 Å². The molecule has 0 aliphatic rings. The SMILES string of the molecule is N#CCCN=NCc1ccc(OCc2ccccc2)cc1. The third kappa shape index (κ3) is 5.45. The van der Waals surface area contributed by atoms with Crippen molar-refractivity contribution in [2.75, 3.05) is 6.54 Å². The van der Waals surface area contributed by atoms with E-state index in [1.165, 1.54) is 0 Å². The highest BCUT2D eigenvalue weighted by Crippen LogP contribution is 2.14. The van der Waals surface area contributed by atoms with E-state index >= 15 is 0 Å². The summed E-state index contributed by atoms with van der Waals surface area (Å²) in [6, 6.07) is 19.9. The summed E-state index contributed by atoms with van der Waals surface area (Å²) in [6.45, 7) is 1.56. The van der Waals surface area contributed by atoms with Gasteiger partial charge in [0.1, 0.15) is 12.4 Å². The second kappa shape index (κ2) is 8.49. The van der Waals surface area contributed by atoms with Gasteiger partial charge in [0.15, 0.2) is 0 Å². The maximum absolute atomic E-state index is 8.38. The molecule has 0 N–H and O–H groups in total. The van der Waals surface area contributed by atoms with Crippen LogP contribution in [-0.2, 0) is 13.2 Å². The van der Waals surface area contributed by atoms with Crippen LogP contribution in [-0.4, -0.2) is 6.54 Å². The van der Waals surface area contributed by atoms with Crippen molar-refractivity contribution in [3.05, 3.63) is 65.7 Å². The first kappa shape index (κ1) is 14.7. The minimum atomic E-state index is 0.412. The third-order valence-corrected chi connectivity index (χ3v) is 2.85. The lowest BCUT2D eigenvalue weighted by Crippen LogP contribution is -1.95. The highest BCUT2D eigenvalue weighted by atomic mass is 16.5. The van der Waals surface area contributed by atoms with E-state index in [1.54, 1.807) is 0 Å². The Morgan fingerprint density at radius 1 is 0.905 bits per heavy atom. The van der Waals surface area contributed by atoms with Crippen molar-refractivity contribution in [3.63, 3.8) is 0 Å². The Bertz CT molecular complexity index is 600. The average Bonchev–Trinajstić information content (AvgIpc) is 2.55. The second-order valence-electron chi connectivity index (χ2n) is 4.49. The van der Waals surface area contributed by atoms with Gasteiger partial charge < -0.3 is 4.74 Å². The first-order valence-corrected chi connectivity index (χ1v) is 6.84. The Morgan fingerprint density at radius 3 is 2.38 bits per heavy atom. The molecule has 2 aromatic rings. The number of ether oxygens (including phenoxy) is 1. The van der Waals surface area contributed by atoms with E-state index < -0.39 is 0 Å². The molecular formula is C17H17N3O. The first-order valence-electron chi connectivity index (χ1n) is 6.84. The maximum Gasteiger partial charge on any atom is 0.119 e. The van der Waals surface area contributed by atoms with Crippen molar-refractivity contribution in [1.82, 2.24) is 0 Å². The lowest BCUT2D eigenvalue weighted by Gasteiger charge is -2.06. The molecule has 0 atom stereocenters. The van der Waals surface area contributed by atoms with Crippen molar-refractivity contribution < 1.29 is 4.74 Å². The highest BCUT2D eigenvalue weighted by Gasteiger charge is 1.96. The number of rotatable bonds is 7. The number of benzene rings is 2. The van der Waals surface area contributed by atoms with Gasteiger partial charge in [-0.1, -0.05) is 42.5 Å². The second-order valence-corrected chi connectivity index (χ2v) is 4.49. The predicted molar refractivity (Wildman–Crippen MR) is 80.9 cm³/mol. The Balaban J connectivity index is 1.79. The third-order valence-electron chi connectivity index (χ3n) is 2.85. The van der Waals surface area contributed by atoms with Gasteiger partial charge in [-0.2, -0.15) is 15.5 Å². The zero-order chi connectivity index (χ0) is 14.8. The molecule has 0 fully saturated rings. The van der Waals surface area contributed by atoms with Crippen LogP contribution in [0.15, 0.2) is 64.8 Å². The van der Waals surface area contributed by atoms with E-state index in [4.69, 9.17) is 10.00 Å². The summed E-state index contributed by atoms with van der Waals surface area (Å²) in [6.07, 6.45) is 0.412. The van der Waals surface area contributed by atoms with Gasteiger partial charge in [-0.25, -0.2) is 0 Å². The summed E-state index contributed by atoms with van der Waals surface area (Å²) in [4.78, 5) is 0. The van der Waals surface area contributed by atoms with Gasteiger partial charge in [0.2, 0.25) is 0 Å². The summed E-state index contributed by atoms with van der Waals surface area (Å²) in [7, 11) is 0. The number of nitriles is 1. The molecule has 0 radical (unpaired) electrons. The average molecular weight is 279 g/mol. The molecule has 0 aliphatic carbocycles. The maximum atomic E-state index is 8.38. The van der Waals surface area contributed by atoms with Gasteiger partial charge in [-0.3, -0.25) is 0 Å². The molecule has 0 heterocycles. The summed E-state index contributed by atoms with van der Waals surface area (Å²) < 4.78 is 5.71. The molecule has 0 bridgehead atoms. The predicted octanol–water partition coefficient (Wildman–Crippen LogP) is 4.13. The summed E-state index contributed by atoms with van der Waals surface area (Å²) in [5.74, 6) is 0.837. The summed E-state index contributed by atoms with van der Waals surface area (Å²) in [5.41, 5.74) is 2.22. The van der Waals surface area contributed by atoms with E-state index in [-0.39, 0.29) is 0 Å². The van der Waals surface area contributed by atoms with Crippen molar-refractivity contribution in [2.45, 2.75) is 19.6 Å². The van der Waals surface area contributed by atoms with Crippen LogP contribution < -0.4 is 4.74 Å². The largest absolute Gasteiger partial charge is 0.489 e. The molecule has 0 saturated carbocycles. The van der Waals surface area contributed by atoms with E-state index in [1.807, 2.05) is 60.7 Å². The molecule has 0 spiro atoms. The van der Waals surface area contributed by atoms with Gasteiger partial charge in [0.25, 0.3) is 0 Å². The normalized spacial score (nSPS) is 10.4. The molecule has 4 nitrogen and oxygen atoms in total. The number of hydrogen-bond donors (Lipinski definition) is 0. The number of azo groups is 1. The van der Waals surface area contributed by atoms with Crippen molar-refractivity contribution in [1.29, 1.82) is 5.26 Å². The molecule has 21 heavy (non-hydrogen) atoms. The molecule has 0 amide bonds. The smallest absolute Gasteiger partial charge is 0.119 e. The van der Waals surface area contributed by atoms with Gasteiger partial charge in [-0.05, 0) is 23.3 Å². The van der Waals surface area contributed by atoms with Gasteiger partial charge in [0, 0.05) is 0 Å². The van der Waals surface area contributed by atoms with Crippen LogP contribution in [0.1, 0.15) is 17.5 Å². The molecule has 4 heteroatoms. The quantitative estimate of drug-likeness (QED) is 0.565. The van der Waals surface area contributed by atoms with Gasteiger partial charge in [0.05, 0.1) is 25.6 Å². The summed E-state index contributed by atoms with van der Waals surface area (Å²) in [5, 5.41) is 16.3. The number of nitrogens with zero attached hydrogens (tertiary/aromatic N) is 3. The van der Waals surface area contributed by atoms with Crippen LogP contribution in [0.2, 0.25) is 0 Å². The van der Waals surface area contributed by atoms with Gasteiger partial charge >= 0.3 is 0 Å². The topological polar surface area (TPSA) is 57.7 Å². The Kier molecular flexibility index (Phi) is 5.96. The standard InChI is InChI=1S/C17H17N3O/c18-11-4-12-19-20-13-15-7-9-17(10-8-15)21-14-16-5-2-1-3-6-16/h1-3,5-10H,4,12-14H2. The molecular weight excluding hydrogens is 262 g/mol. The van der Waals surface area contributed by atoms with Crippen LogP contribution in [0.5, 0.6) is 5.75 Å². The van der Waals surface area contributed by atoms with Crippen LogP contribution in [0.25, 0.3) is 0 Å². The molecule has 0 unspecified atom stereocenters. The first-order chi connectivity index (χ1) is 10.4. The van der Waals surface area contributed by atoms with E-state index in [9.17, 15) is 0 Å². The van der Waals surface area contributed by atoms with Crippen molar-refractivity contribution >= 4 is 0 Å². The Morgan fingerprint density at radius 2 is 1.67 bits per heavy atom. The van der Waals surface area contributed by atoms with Crippen LogP contribution in [0.4, 0.5) is 0 Å². The zero-order valence-corrected chi connectivity index (χ0v) is 11.8. The molecule has 2 aromatic carbocycles. The Labute approximate surface area is 124 Å². The highest BCUT2D eigenvalue weighted by molar-refractivity contribution is 5.27. The molecule has 106 valence electrons. The van der Waals surface area contributed by atoms with E-state index in [2.05, 4.69) is 10.2 Å². The molecule has 0 aromatic heterocycles. The lowest BCUT2D eigenvalue weighted by atomic mass is 10.2. The van der Waals surface area contributed by atoms with Crippen LogP contribution >= 0.6 is 0 Å². The van der Waals surface area contributed by atoms with E-state index in [0.29, 0.717) is 26.1 Å². The minimum absolute atomic E-state index is 0.412. The van der Waals surface area contributed by atoms with Crippen molar-refractivity contribution in [2.24, 2.45) is 10.2 Å². The fourth-order valence-electron chi connectivity index (χ4n) is 1.73. The monoisotopic (exact) mass is 279 g/mol. The van der Waals surface area contributed by atoms with E-state index in [0.717, 1.165) is 16.9 Å². The van der Waals surface area contributed by atoms with Crippen LogP contribution in [0.3, 0.4) is 0 Å². The number of hydrogen-bond acceptors (Lipinski definition) is 4. The van der Waals surface area contributed by atoms with Crippen LogP contribution in [0, 0.1) is 11.3 Å². The van der Waals surface area contributed by atoms with Gasteiger partial charge in [-0.15, -0.1) is 0 Å². The molecule has 0 aliphatic heterocycles. The summed E-state index contributed by atoms with van der Waals surface area (Å²) >= 11 is 0. The minimum Gasteiger partial charge on any atom is -0.489 e. The zero-order valence-electron chi connectivity index (χ0n) is 11.8. The molecule has 2 rings (SSSR count). The fraction of sp³-hybridized carbons (Fsp3) is 0.235. The lowest BCUT2D eigenvalue weighted by molar-refractivity contribution is 0.306.